The normalized spacial score (nSPS) is 15.6. The number of pyridine rings is 1. The molecule has 0 aromatic carbocycles. The Morgan fingerprint density at radius 3 is 2.20 bits per heavy atom. The van der Waals surface area contributed by atoms with Crippen molar-refractivity contribution in [2.75, 3.05) is 0 Å². The summed E-state index contributed by atoms with van der Waals surface area (Å²) < 4.78 is 0. The Bertz CT molecular complexity index is 425. The summed E-state index contributed by atoms with van der Waals surface area (Å²) in [6, 6.07) is 5.26. The Morgan fingerprint density at radius 1 is 1.20 bits per heavy atom. The van der Waals surface area contributed by atoms with E-state index < -0.39 is 5.97 Å². The molecule has 1 heterocycles. The van der Waals surface area contributed by atoms with E-state index in [0.29, 0.717) is 0 Å². The van der Waals surface area contributed by atoms with Gasteiger partial charge in [-0.2, -0.15) is 0 Å². The highest BCUT2D eigenvalue weighted by Gasteiger charge is 2.20. The van der Waals surface area contributed by atoms with Gasteiger partial charge in [-0.1, -0.05) is 19.9 Å². The molecule has 20 heavy (non-hydrogen) atoms. The van der Waals surface area contributed by atoms with Crippen LogP contribution in [0.3, 0.4) is 0 Å². The SMILES string of the molecule is CCC(N)CC(CC(N)CC)c1cccc(C(=O)O)n1. The topological polar surface area (TPSA) is 102 Å². The number of rotatable bonds is 8. The lowest BCUT2D eigenvalue weighted by Crippen LogP contribution is -2.27. The van der Waals surface area contributed by atoms with Gasteiger partial charge in [0.15, 0.2) is 0 Å². The van der Waals surface area contributed by atoms with Gasteiger partial charge in [-0.05, 0) is 37.8 Å². The zero-order valence-electron chi connectivity index (χ0n) is 12.2. The molecule has 1 aromatic heterocycles. The molecule has 0 saturated heterocycles. The third kappa shape index (κ3) is 4.90. The first kappa shape index (κ1) is 16.6. The average Bonchev–Trinajstić information content (AvgIpc) is 2.46. The first-order chi connectivity index (χ1) is 9.47. The van der Waals surface area contributed by atoms with Crippen molar-refractivity contribution in [3.63, 3.8) is 0 Å². The van der Waals surface area contributed by atoms with Crippen molar-refractivity contribution in [1.82, 2.24) is 4.98 Å². The summed E-state index contributed by atoms with van der Waals surface area (Å²) in [5, 5.41) is 9.04. The molecule has 5 N–H and O–H groups in total. The van der Waals surface area contributed by atoms with E-state index in [1.807, 2.05) is 19.9 Å². The van der Waals surface area contributed by atoms with Gasteiger partial charge in [-0.25, -0.2) is 9.78 Å². The fraction of sp³-hybridized carbons (Fsp3) is 0.600. The van der Waals surface area contributed by atoms with Crippen LogP contribution in [-0.4, -0.2) is 28.1 Å². The molecule has 0 aliphatic carbocycles. The Kier molecular flexibility index (Phi) is 6.61. The number of hydrogen-bond acceptors (Lipinski definition) is 4. The minimum absolute atomic E-state index is 0.0719. The highest BCUT2D eigenvalue weighted by atomic mass is 16.4. The van der Waals surface area contributed by atoms with Crippen molar-refractivity contribution >= 4 is 5.97 Å². The molecule has 0 amide bonds. The molecule has 0 bridgehead atoms. The molecule has 1 aromatic rings. The Morgan fingerprint density at radius 2 is 1.75 bits per heavy atom. The Balaban J connectivity index is 2.96. The van der Waals surface area contributed by atoms with Crippen LogP contribution in [0.25, 0.3) is 0 Å². The van der Waals surface area contributed by atoms with Crippen molar-refractivity contribution in [3.8, 4) is 0 Å². The van der Waals surface area contributed by atoms with Gasteiger partial charge < -0.3 is 16.6 Å². The number of aromatic nitrogens is 1. The Labute approximate surface area is 120 Å². The van der Waals surface area contributed by atoms with Crippen molar-refractivity contribution in [3.05, 3.63) is 29.6 Å². The van der Waals surface area contributed by atoms with Crippen LogP contribution in [0.15, 0.2) is 18.2 Å². The third-order valence-corrected chi connectivity index (χ3v) is 3.63. The van der Waals surface area contributed by atoms with Crippen LogP contribution in [0.4, 0.5) is 0 Å². The lowest BCUT2D eigenvalue weighted by Gasteiger charge is -2.23. The van der Waals surface area contributed by atoms with Crippen molar-refractivity contribution in [1.29, 1.82) is 0 Å². The molecule has 0 aliphatic heterocycles. The lowest BCUT2D eigenvalue weighted by molar-refractivity contribution is 0.0690. The number of carbonyl (C=O) groups is 1. The molecule has 0 saturated carbocycles. The third-order valence-electron chi connectivity index (χ3n) is 3.63. The fourth-order valence-corrected chi connectivity index (χ4v) is 2.20. The number of hydrogen-bond donors (Lipinski definition) is 3. The molecule has 5 heteroatoms. The standard InChI is InChI=1S/C15H25N3O2/c1-3-11(16)8-10(9-12(17)4-2)13-6-5-7-14(18-13)15(19)20/h5-7,10-12H,3-4,8-9,16-17H2,1-2H3,(H,19,20). The van der Waals surface area contributed by atoms with E-state index >= 15 is 0 Å². The highest BCUT2D eigenvalue weighted by molar-refractivity contribution is 5.85. The second-order valence-corrected chi connectivity index (χ2v) is 5.26. The largest absolute Gasteiger partial charge is 0.477 e. The summed E-state index contributed by atoms with van der Waals surface area (Å²) in [5.41, 5.74) is 12.9. The maximum Gasteiger partial charge on any atom is 0.354 e. The number of aromatic carboxylic acids is 1. The van der Waals surface area contributed by atoms with Crippen LogP contribution in [0.2, 0.25) is 0 Å². The second-order valence-electron chi connectivity index (χ2n) is 5.26. The van der Waals surface area contributed by atoms with E-state index in [-0.39, 0.29) is 23.7 Å². The van der Waals surface area contributed by atoms with Gasteiger partial charge in [0.2, 0.25) is 0 Å². The lowest BCUT2D eigenvalue weighted by atomic mass is 9.88. The predicted octanol–water partition coefficient (Wildman–Crippen LogP) is 2.12. The van der Waals surface area contributed by atoms with Gasteiger partial charge in [0.1, 0.15) is 5.69 Å². The van der Waals surface area contributed by atoms with Gasteiger partial charge in [0.25, 0.3) is 0 Å². The van der Waals surface area contributed by atoms with Gasteiger partial charge in [0, 0.05) is 23.7 Å². The van der Waals surface area contributed by atoms with E-state index in [4.69, 9.17) is 16.6 Å². The van der Waals surface area contributed by atoms with Crippen molar-refractivity contribution < 1.29 is 9.90 Å². The summed E-state index contributed by atoms with van der Waals surface area (Å²) in [6.07, 6.45) is 3.33. The van der Waals surface area contributed by atoms with Crippen molar-refractivity contribution in [2.45, 2.75) is 57.5 Å². The maximum absolute atomic E-state index is 11.0. The average molecular weight is 279 g/mol. The molecular weight excluding hydrogens is 254 g/mol. The van der Waals surface area contributed by atoms with Gasteiger partial charge in [-0.3, -0.25) is 0 Å². The second kappa shape index (κ2) is 7.97. The molecule has 2 atom stereocenters. The van der Waals surface area contributed by atoms with Crippen LogP contribution in [0, 0.1) is 0 Å². The molecular formula is C15H25N3O2. The maximum atomic E-state index is 11.0. The van der Waals surface area contributed by atoms with E-state index in [2.05, 4.69) is 4.98 Å². The van der Waals surface area contributed by atoms with Crippen molar-refractivity contribution in [2.24, 2.45) is 11.5 Å². The van der Waals surface area contributed by atoms with Gasteiger partial charge >= 0.3 is 5.97 Å². The number of nitrogens with two attached hydrogens (primary N) is 2. The van der Waals surface area contributed by atoms with Gasteiger partial charge in [0.05, 0.1) is 0 Å². The quantitative estimate of drug-likeness (QED) is 0.676. The fourth-order valence-electron chi connectivity index (χ4n) is 2.20. The predicted molar refractivity (Wildman–Crippen MR) is 79.7 cm³/mol. The monoisotopic (exact) mass is 279 g/mol. The molecule has 0 aliphatic rings. The minimum Gasteiger partial charge on any atom is -0.477 e. The van der Waals surface area contributed by atoms with Crippen LogP contribution in [0.5, 0.6) is 0 Å². The summed E-state index contributed by atoms with van der Waals surface area (Å²) >= 11 is 0. The van der Waals surface area contributed by atoms with Crippen LogP contribution in [0.1, 0.15) is 61.6 Å². The van der Waals surface area contributed by atoms with E-state index in [1.165, 1.54) is 6.07 Å². The number of carboxylic acid groups (broad SMARTS) is 1. The summed E-state index contributed by atoms with van der Waals surface area (Å²) in [7, 11) is 0. The van der Waals surface area contributed by atoms with E-state index in [9.17, 15) is 4.79 Å². The Hall–Kier alpha value is -1.46. The molecule has 0 radical (unpaired) electrons. The molecule has 112 valence electrons. The zero-order chi connectivity index (χ0) is 15.1. The zero-order valence-corrected chi connectivity index (χ0v) is 12.2. The van der Waals surface area contributed by atoms with Crippen LogP contribution >= 0.6 is 0 Å². The molecule has 2 unspecified atom stereocenters. The summed E-state index contributed by atoms with van der Waals surface area (Å²) in [6.45, 7) is 4.09. The van der Waals surface area contributed by atoms with E-state index in [1.54, 1.807) is 6.07 Å². The first-order valence-corrected chi connectivity index (χ1v) is 7.19. The number of carboxylic acids is 1. The number of nitrogens with zero attached hydrogens (tertiary/aromatic N) is 1. The van der Waals surface area contributed by atoms with E-state index in [0.717, 1.165) is 31.4 Å². The molecule has 0 fully saturated rings. The molecule has 1 rings (SSSR count). The van der Waals surface area contributed by atoms with Crippen LogP contribution in [-0.2, 0) is 0 Å². The van der Waals surface area contributed by atoms with Gasteiger partial charge in [-0.15, -0.1) is 0 Å². The molecule has 5 nitrogen and oxygen atoms in total. The summed E-state index contributed by atoms with van der Waals surface area (Å²) in [4.78, 5) is 15.3. The minimum atomic E-state index is -1.01. The smallest absolute Gasteiger partial charge is 0.354 e. The highest BCUT2D eigenvalue weighted by Crippen LogP contribution is 2.26. The summed E-state index contributed by atoms with van der Waals surface area (Å²) in [5.74, 6) is -0.899. The van der Waals surface area contributed by atoms with Crippen LogP contribution < -0.4 is 11.5 Å². The molecule has 0 spiro atoms. The first-order valence-electron chi connectivity index (χ1n) is 7.19.